The van der Waals surface area contributed by atoms with Gasteiger partial charge in [-0.25, -0.2) is 14.7 Å². The van der Waals surface area contributed by atoms with Gasteiger partial charge in [-0.1, -0.05) is 27.7 Å². The van der Waals surface area contributed by atoms with Crippen molar-refractivity contribution in [2.75, 3.05) is 18.4 Å². The Balaban J connectivity index is 1.94. The molecule has 2 amide bonds. The third-order valence-electron chi connectivity index (χ3n) is 4.65. The van der Waals surface area contributed by atoms with Crippen LogP contribution in [0.3, 0.4) is 0 Å². The van der Waals surface area contributed by atoms with Crippen LogP contribution in [0, 0.1) is 5.41 Å². The van der Waals surface area contributed by atoms with Crippen molar-refractivity contribution in [3.63, 3.8) is 0 Å². The van der Waals surface area contributed by atoms with E-state index in [9.17, 15) is 4.79 Å². The summed E-state index contributed by atoms with van der Waals surface area (Å²) in [5, 5.41) is 0.774. The standard InChI is InChI=1S/C17H27N3O2S/c1-11(2)19-9-22-10-20(15(19)21)14-18-12-7-16(3,4)8-17(5,6)13(12)23-14/h11H,7-10H2,1-6H3. The maximum absolute atomic E-state index is 12.7. The molecule has 128 valence electrons. The maximum Gasteiger partial charge on any atom is 0.330 e. The summed E-state index contributed by atoms with van der Waals surface area (Å²) in [6.07, 6.45) is 2.11. The first-order valence-corrected chi connectivity index (χ1v) is 9.08. The van der Waals surface area contributed by atoms with E-state index in [0.29, 0.717) is 6.73 Å². The summed E-state index contributed by atoms with van der Waals surface area (Å²) in [6, 6.07) is 0.115. The topological polar surface area (TPSA) is 45.7 Å². The molecule has 1 aromatic rings. The lowest BCUT2D eigenvalue weighted by atomic mass is 9.67. The lowest BCUT2D eigenvalue weighted by molar-refractivity contribution is 0.0116. The predicted molar refractivity (Wildman–Crippen MR) is 92.9 cm³/mol. The van der Waals surface area contributed by atoms with Crippen LogP contribution in [0.15, 0.2) is 0 Å². The fourth-order valence-corrected chi connectivity index (χ4v) is 5.06. The molecule has 0 N–H and O–H groups in total. The van der Waals surface area contributed by atoms with Gasteiger partial charge in [-0.15, -0.1) is 11.3 Å². The van der Waals surface area contributed by atoms with Crippen LogP contribution in [0.2, 0.25) is 0 Å². The van der Waals surface area contributed by atoms with Crippen molar-refractivity contribution >= 4 is 22.5 Å². The Morgan fingerprint density at radius 3 is 2.57 bits per heavy atom. The van der Waals surface area contributed by atoms with Gasteiger partial charge >= 0.3 is 6.03 Å². The van der Waals surface area contributed by atoms with E-state index in [1.807, 2.05) is 13.8 Å². The smallest absolute Gasteiger partial charge is 0.330 e. The molecule has 0 aromatic carbocycles. The van der Waals surface area contributed by atoms with E-state index in [4.69, 9.17) is 9.72 Å². The van der Waals surface area contributed by atoms with E-state index in [1.54, 1.807) is 21.1 Å². The molecule has 1 aliphatic carbocycles. The second kappa shape index (κ2) is 5.45. The Labute approximate surface area is 142 Å². The third-order valence-corrected chi connectivity index (χ3v) is 6.14. The van der Waals surface area contributed by atoms with Crippen LogP contribution in [0.1, 0.15) is 58.5 Å². The number of hydrogen-bond donors (Lipinski definition) is 0. The van der Waals surface area contributed by atoms with Crippen LogP contribution in [0.5, 0.6) is 0 Å². The molecule has 6 heteroatoms. The number of rotatable bonds is 2. The van der Waals surface area contributed by atoms with Gasteiger partial charge in [0.1, 0.15) is 13.5 Å². The summed E-state index contributed by atoms with van der Waals surface area (Å²) in [5.74, 6) is 0. The first kappa shape index (κ1) is 16.7. The minimum atomic E-state index is -0.00517. The number of anilines is 1. The van der Waals surface area contributed by atoms with E-state index < -0.39 is 0 Å². The van der Waals surface area contributed by atoms with Gasteiger partial charge in [-0.05, 0) is 32.1 Å². The van der Waals surface area contributed by atoms with Crippen molar-refractivity contribution in [3.8, 4) is 0 Å². The van der Waals surface area contributed by atoms with E-state index in [2.05, 4.69) is 27.7 Å². The average molecular weight is 337 g/mol. The van der Waals surface area contributed by atoms with Gasteiger partial charge in [0.05, 0.1) is 5.69 Å². The molecule has 1 aliphatic heterocycles. The molecule has 1 fully saturated rings. The number of thiazole rings is 1. The lowest BCUT2D eigenvalue weighted by Gasteiger charge is -2.39. The Morgan fingerprint density at radius 2 is 1.91 bits per heavy atom. The van der Waals surface area contributed by atoms with Crippen molar-refractivity contribution in [3.05, 3.63) is 10.6 Å². The minimum Gasteiger partial charge on any atom is -0.340 e. The second-order valence-corrected chi connectivity index (χ2v) is 9.39. The summed E-state index contributed by atoms with van der Waals surface area (Å²) in [5.41, 5.74) is 1.50. The van der Waals surface area contributed by atoms with E-state index in [-0.39, 0.29) is 29.6 Å². The quantitative estimate of drug-likeness (QED) is 0.820. The van der Waals surface area contributed by atoms with Gasteiger partial charge in [0.15, 0.2) is 5.13 Å². The number of ether oxygens (including phenoxy) is 1. The van der Waals surface area contributed by atoms with Crippen LogP contribution < -0.4 is 4.90 Å². The maximum atomic E-state index is 12.7. The first-order valence-electron chi connectivity index (χ1n) is 8.27. The fourth-order valence-electron chi connectivity index (χ4n) is 3.90. The summed E-state index contributed by atoms with van der Waals surface area (Å²) in [6.45, 7) is 13.8. The zero-order chi connectivity index (χ0) is 17.0. The van der Waals surface area contributed by atoms with E-state index >= 15 is 0 Å². The van der Waals surface area contributed by atoms with Crippen molar-refractivity contribution in [2.24, 2.45) is 5.41 Å². The highest BCUT2D eigenvalue weighted by Crippen LogP contribution is 2.49. The number of carbonyl (C=O) groups is 1. The lowest BCUT2D eigenvalue weighted by Crippen LogP contribution is -2.53. The van der Waals surface area contributed by atoms with E-state index in [0.717, 1.165) is 23.7 Å². The minimum absolute atomic E-state index is 0.00517. The number of hydrogen-bond acceptors (Lipinski definition) is 4. The fraction of sp³-hybridized carbons (Fsp3) is 0.765. The van der Waals surface area contributed by atoms with Gasteiger partial charge in [-0.2, -0.15) is 0 Å². The molecule has 0 bridgehead atoms. The van der Waals surface area contributed by atoms with Crippen LogP contribution in [-0.2, 0) is 16.6 Å². The molecule has 0 saturated carbocycles. The third kappa shape index (κ3) is 2.98. The van der Waals surface area contributed by atoms with Crippen molar-refractivity contribution < 1.29 is 9.53 Å². The molecule has 3 rings (SSSR count). The average Bonchev–Trinajstić information content (AvgIpc) is 2.80. The monoisotopic (exact) mass is 337 g/mol. The zero-order valence-corrected chi connectivity index (χ0v) is 15.8. The number of nitrogens with zero attached hydrogens (tertiary/aromatic N) is 3. The van der Waals surface area contributed by atoms with Gasteiger partial charge in [0.2, 0.25) is 0 Å². The van der Waals surface area contributed by atoms with Crippen molar-refractivity contribution in [1.82, 2.24) is 9.88 Å². The molecule has 2 aliphatic rings. The Morgan fingerprint density at radius 1 is 1.22 bits per heavy atom. The second-order valence-electron chi connectivity index (χ2n) is 8.41. The molecule has 0 spiro atoms. The van der Waals surface area contributed by atoms with Gasteiger partial charge in [-0.3, -0.25) is 4.90 Å². The summed E-state index contributed by atoms with van der Waals surface area (Å²) < 4.78 is 5.60. The molecule has 1 aromatic heterocycles. The summed E-state index contributed by atoms with van der Waals surface area (Å²) in [4.78, 5) is 22.3. The molecule has 0 atom stereocenters. The highest BCUT2D eigenvalue weighted by molar-refractivity contribution is 7.16. The van der Waals surface area contributed by atoms with E-state index in [1.165, 1.54) is 4.88 Å². The molecular formula is C17H27N3O2S. The van der Waals surface area contributed by atoms with Gasteiger partial charge < -0.3 is 4.74 Å². The van der Waals surface area contributed by atoms with Crippen LogP contribution in [0.25, 0.3) is 0 Å². The van der Waals surface area contributed by atoms with Gasteiger partial charge in [0.25, 0.3) is 0 Å². The number of fused-ring (bicyclic) bond motifs is 1. The molecule has 2 heterocycles. The highest BCUT2D eigenvalue weighted by atomic mass is 32.1. The number of carbonyl (C=O) groups excluding carboxylic acids is 1. The number of amides is 2. The van der Waals surface area contributed by atoms with Crippen LogP contribution in [-0.4, -0.2) is 35.4 Å². The number of aromatic nitrogens is 1. The largest absolute Gasteiger partial charge is 0.340 e. The Bertz CT molecular complexity index is 621. The first-order chi connectivity index (χ1) is 10.6. The Hall–Kier alpha value is -1.14. The van der Waals surface area contributed by atoms with Gasteiger partial charge in [0, 0.05) is 16.3 Å². The van der Waals surface area contributed by atoms with Crippen LogP contribution >= 0.6 is 11.3 Å². The van der Waals surface area contributed by atoms with Crippen molar-refractivity contribution in [1.29, 1.82) is 0 Å². The zero-order valence-electron chi connectivity index (χ0n) is 15.0. The predicted octanol–water partition coefficient (Wildman–Crippen LogP) is 3.98. The molecular weight excluding hydrogens is 310 g/mol. The number of urea groups is 1. The van der Waals surface area contributed by atoms with Crippen LogP contribution in [0.4, 0.5) is 9.93 Å². The highest BCUT2D eigenvalue weighted by Gasteiger charge is 2.41. The molecule has 0 unspecified atom stereocenters. The summed E-state index contributed by atoms with van der Waals surface area (Å²) in [7, 11) is 0. The van der Waals surface area contributed by atoms with Crippen molar-refractivity contribution in [2.45, 2.75) is 65.8 Å². The molecule has 23 heavy (non-hydrogen) atoms. The SMILES string of the molecule is CC(C)N1COCN(c2nc3c(s2)C(C)(C)CC(C)(C)C3)C1=O. The Kier molecular flexibility index (Phi) is 3.96. The molecule has 1 saturated heterocycles. The normalized spacial score (nSPS) is 23.3. The molecule has 0 radical (unpaired) electrons. The summed E-state index contributed by atoms with van der Waals surface area (Å²) >= 11 is 1.65. The molecule has 5 nitrogen and oxygen atoms in total.